The van der Waals surface area contributed by atoms with Gasteiger partial charge in [0.2, 0.25) is 0 Å². The third-order valence-electron chi connectivity index (χ3n) is 4.19. The number of methoxy groups -OCH3 is 3. The maximum absolute atomic E-state index is 12.8. The lowest BCUT2D eigenvalue weighted by Gasteiger charge is -2.17. The van der Waals surface area contributed by atoms with Crippen LogP contribution in [0.5, 0.6) is 17.2 Å². The van der Waals surface area contributed by atoms with Crippen molar-refractivity contribution < 1.29 is 27.4 Å². The molecule has 2 aromatic rings. The zero-order valence-corrected chi connectivity index (χ0v) is 16.7. The molecular formula is C20H24F3N3O3. The molecule has 0 aliphatic heterocycles. The molecule has 0 saturated heterocycles. The second-order valence-electron chi connectivity index (χ2n) is 5.99. The molecule has 158 valence electrons. The summed E-state index contributed by atoms with van der Waals surface area (Å²) in [5.41, 5.74) is 0.549. The maximum atomic E-state index is 12.8. The van der Waals surface area contributed by atoms with E-state index in [1.165, 1.54) is 6.07 Å². The molecule has 0 unspecified atom stereocenters. The van der Waals surface area contributed by atoms with Gasteiger partial charge in [-0.05, 0) is 17.7 Å². The Morgan fingerprint density at radius 1 is 0.931 bits per heavy atom. The summed E-state index contributed by atoms with van der Waals surface area (Å²) in [5, 5.41) is 6.10. The molecule has 6 nitrogen and oxygen atoms in total. The molecule has 0 spiro atoms. The Bertz CT molecular complexity index is 829. The Labute approximate surface area is 167 Å². The number of rotatable bonds is 7. The van der Waals surface area contributed by atoms with Crippen molar-refractivity contribution in [2.45, 2.75) is 19.3 Å². The van der Waals surface area contributed by atoms with E-state index in [4.69, 9.17) is 14.2 Å². The summed E-state index contributed by atoms with van der Waals surface area (Å²) in [6.45, 7) is 0.499. The number of hydrogen-bond acceptors (Lipinski definition) is 4. The van der Waals surface area contributed by atoms with Crippen LogP contribution in [0.15, 0.2) is 41.4 Å². The van der Waals surface area contributed by atoms with Crippen molar-refractivity contribution in [2.75, 3.05) is 28.4 Å². The average molecular weight is 411 g/mol. The fourth-order valence-corrected chi connectivity index (χ4v) is 2.69. The van der Waals surface area contributed by atoms with Crippen LogP contribution in [0.2, 0.25) is 0 Å². The van der Waals surface area contributed by atoms with Crippen LogP contribution in [-0.2, 0) is 19.3 Å². The standard InChI is InChI=1S/C20H24F3N3O3/c1-24-19(25-11-13-6-5-7-14(8-13)20(21,22)23)26-12-16-17(28-3)9-15(27-2)10-18(16)29-4/h5-10H,11-12H2,1-4H3,(H2,24,25,26). The van der Waals surface area contributed by atoms with Gasteiger partial charge in [0.15, 0.2) is 5.96 Å². The number of halogens is 3. The number of guanidine groups is 1. The first kappa shape index (κ1) is 22.2. The Kier molecular flexibility index (Phi) is 7.58. The van der Waals surface area contributed by atoms with Crippen LogP contribution in [-0.4, -0.2) is 34.3 Å². The van der Waals surface area contributed by atoms with E-state index >= 15 is 0 Å². The summed E-state index contributed by atoms with van der Waals surface area (Å²) in [5.74, 6) is 2.15. The van der Waals surface area contributed by atoms with Crippen LogP contribution in [0.25, 0.3) is 0 Å². The van der Waals surface area contributed by atoms with E-state index in [0.29, 0.717) is 35.3 Å². The zero-order valence-electron chi connectivity index (χ0n) is 16.7. The first-order valence-electron chi connectivity index (χ1n) is 8.72. The average Bonchev–Trinajstić information content (AvgIpc) is 2.72. The first-order valence-corrected chi connectivity index (χ1v) is 8.72. The van der Waals surface area contributed by atoms with E-state index in [0.717, 1.165) is 17.7 Å². The van der Waals surface area contributed by atoms with Crippen LogP contribution in [0.4, 0.5) is 13.2 Å². The van der Waals surface area contributed by atoms with Gasteiger partial charge < -0.3 is 24.8 Å². The van der Waals surface area contributed by atoms with Crippen LogP contribution < -0.4 is 24.8 Å². The predicted octanol–water partition coefficient (Wildman–Crippen LogP) is 3.60. The largest absolute Gasteiger partial charge is 0.496 e. The van der Waals surface area contributed by atoms with Crippen molar-refractivity contribution in [3.05, 3.63) is 53.1 Å². The van der Waals surface area contributed by atoms with Crippen molar-refractivity contribution in [2.24, 2.45) is 4.99 Å². The summed E-state index contributed by atoms with van der Waals surface area (Å²) in [7, 11) is 6.20. The Hall–Kier alpha value is -3.10. The summed E-state index contributed by atoms with van der Waals surface area (Å²) >= 11 is 0. The smallest absolute Gasteiger partial charge is 0.416 e. The van der Waals surface area contributed by atoms with E-state index in [1.54, 1.807) is 46.6 Å². The number of nitrogens with one attached hydrogen (secondary N) is 2. The topological polar surface area (TPSA) is 64.1 Å². The number of nitrogens with zero attached hydrogens (tertiary/aromatic N) is 1. The second-order valence-corrected chi connectivity index (χ2v) is 5.99. The van der Waals surface area contributed by atoms with Gasteiger partial charge in [0.1, 0.15) is 17.2 Å². The predicted molar refractivity (Wildman–Crippen MR) is 105 cm³/mol. The molecule has 29 heavy (non-hydrogen) atoms. The second kappa shape index (κ2) is 9.90. The van der Waals surface area contributed by atoms with E-state index in [9.17, 15) is 13.2 Å². The van der Waals surface area contributed by atoms with Gasteiger partial charge in [-0.1, -0.05) is 12.1 Å². The maximum Gasteiger partial charge on any atom is 0.416 e. The van der Waals surface area contributed by atoms with E-state index < -0.39 is 11.7 Å². The lowest BCUT2D eigenvalue weighted by atomic mass is 10.1. The van der Waals surface area contributed by atoms with Gasteiger partial charge in [-0.15, -0.1) is 0 Å². The molecule has 0 aromatic heterocycles. The molecule has 0 atom stereocenters. The molecule has 2 aromatic carbocycles. The van der Waals surface area contributed by atoms with Crippen LogP contribution in [0.3, 0.4) is 0 Å². The summed E-state index contributed by atoms with van der Waals surface area (Å²) < 4.78 is 54.6. The molecular weight excluding hydrogens is 387 g/mol. The number of hydrogen-bond donors (Lipinski definition) is 2. The first-order chi connectivity index (χ1) is 13.8. The van der Waals surface area contributed by atoms with Crippen LogP contribution in [0.1, 0.15) is 16.7 Å². The molecule has 0 radical (unpaired) electrons. The van der Waals surface area contributed by atoms with Gasteiger partial charge in [-0.25, -0.2) is 0 Å². The van der Waals surface area contributed by atoms with Gasteiger partial charge in [0.25, 0.3) is 0 Å². The Balaban J connectivity index is 2.07. The Morgan fingerprint density at radius 3 is 2.07 bits per heavy atom. The zero-order chi connectivity index (χ0) is 21.4. The molecule has 0 aliphatic rings. The fraction of sp³-hybridized carbons (Fsp3) is 0.350. The van der Waals surface area contributed by atoms with Crippen molar-refractivity contribution in [3.8, 4) is 17.2 Å². The van der Waals surface area contributed by atoms with Gasteiger partial charge in [-0.2, -0.15) is 13.2 Å². The van der Waals surface area contributed by atoms with Crippen molar-refractivity contribution in [1.29, 1.82) is 0 Å². The van der Waals surface area contributed by atoms with Gasteiger partial charge in [0.05, 0.1) is 39.0 Å². The number of ether oxygens (including phenoxy) is 3. The van der Waals surface area contributed by atoms with Gasteiger partial charge in [-0.3, -0.25) is 4.99 Å². The Morgan fingerprint density at radius 2 is 1.55 bits per heavy atom. The molecule has 0 amide bonds. The van der Waals surface area contributed by atoms with E-state index in [-0.39, 0.29) is 6.54 Å². The molecule has 0 heterocycles. The minimum absolute atomic E-state index is 0.181. The van der Waals surface area contributed by atoms with Gasteiger partial charge in [0, 0.05) is 25.7 Å². The highest BCUT2D eigenvalue weighted by molar-refractivity contribution is 5.79. The minimum atomic E-state index is -4.38. The number of aliphatic imine (C=N–C) groups is 1. The lowest BCUT2D eigenvalue weighted by molar-refractivity contribution is -0.137. The summed E-state index contributed by atoms with van der Waals surface area (Å²) in [6.07, 6.45) is -4.38. The SMILES string of the molecule is CN=C(NCc1cccc(C(F)(F)F)c1)NCc1c(OC)cc(OC)cc1OC. The summed E-state index contributed by atoms with van der Waals surface area (Å²) in [6, 6.07) is 8.61. The van der Waals surface area contributed by atoms with E-state index in [2.05, 4.69) is 15.6 Å². The molecule has 0 bridgehead atoms. The van der Waals surface area contributed by atoms with Crippen molar-refractivity contribution >= 4 is 5.96 Å². The monoisotopic (exact) mass is 411 g/mol. The van der Waals surface area contributed by atoms with Crippen LogP contribution in [0, 0.1) is 0 Å². The summed E-state index contributed by atoms with van der Waals surface area (Å²) in [4.78, 5) is 4.10. The van der Waals surface area contributed by atoms with Crippen LogP contribution >= 0.6 is 0 Å². The van der Waals surface area contributed by atoms with E-state index in [1.807, 2.05) is 0 Å². The number of benzene rings is 2. The highest BCUT2D eigenvalue weighted by atomic mass is 19.4. The molecule has 0 saturated carbocycles. The molecule has 0 aliphatic carbocycles. The molecule has 9 heteroatoms. The highest BCUT2D eigenvalue weighted by Gasteiger charge is 2.30. The van der Waals surface area contributed by atoms with Gasteiger partial charge >= 0.3 is 6.18 Å². The highest BCUT2D eigenvalue weighted by Crippen LogP contribution is 2.34. The lowest BCUT2D eigenvalue weighted by Crippen LogP contribution is -2.36. The molecule has 0 fully saturated rings. The third kappa shape index (κ3) is 5.94. The number of alkyl halides is 3. The third-order valence-corrected chi connectivity index (χ3v) is 4.19. The molecule has 2 rings (SSSR count). The molecule has 2 N–H and O–H groups in total. The minimum Gasteiger partial charge on any atom is -0.496 e. The normalized spacial score (nSPS) is 11.8. The quantitative estimate of drug-likeness (QED) is 0.539. The fourth-order valence-electron chi connectivity index (χ4n) is 2.69. The van der Waals surface area contributed by atoms with Crippen molar-refractivity contribution in [3.63, 3.8) is 0 Å². The van der Waals surface area contributed by atoms with Crippen molar-refractivity contribution in [1.82, 2.24) is 10.6 Å².